The van der Waals surface area contributed by atoms with Crippen molar-refractivity contribution >= 4 is 5.91 Å². The van der Waals surface area contributed by atoms with Crippen LogP contribution in [0.15, 0.2) is 23.0 Å². The normalized spacial score (nSPS) is 18.4. The zero-order valence-corrected chi connectivity index (χ0v) is 10.8. The van der Waals surface area contributed by atoms with Gasteiger partial charge in [-0.05, 0) is 26.8 Å². The lowest BCUT2D eigenvalue weighted by atomic mass is 10.0. The monoisotopic (exact) mass is 236 g/mol. The van der Waals surface area contributed by atoms with E-state index in [2.05, 4.69) is 25.7 Å². The number of furan rings is 1. The largest absolute Gasteiger partial charge is 0.472 e. The first kappa shape index (κ1) is 12.2. The molecule has 4 heteroatoms. The molecule has 1 aromatic heterocycles. The van der Waals surface area contributed by atoms with Gasteiger partial charge in [0, 0.05) is 31.7 Å². The lowest BCUT2D eigenvalue weighted by Crippen LogP contribution is -2.54. The standard InChI is InChI=1S/C13H20N2O2/c1-13(2,3)15-7-5-14(6-8-15)12(16)11-4-9-17-10-11/h4,9-10H,5-8H2,1-3H3. The Bertz CT molecular complexity index is 371. The van der Waals surface area contributed by atoms with Crippen LogP contribution in [0.2, 0.25) is 0 Å². The molecule has 0 aliphatic carbocycles. The third-order valence-electron chi connectivity index (χ3n) is 3.28. The van der Waals surface area contributed by atoms with Gasteiger partial charge in [0.1, 0.15) is 6.26 Å². The van der Waals surface area contributed by atoms with Gasteiger partial charge in [-0.25, -0.2) is 0 Å². The zero-order valence-electron chi connectivity index (χ0n) is 10.8. The Morgan fingerprint density at radius 3 is 2.35 bits per heavy atom. The third kappa shape index (κ3) is 2.69. The molecule has 0 radical (unpaired) electrons. The second kappa shape index (κ2) is 4.53. The molecule has 1 aromatic rings. The molecule has 0 unspecified atom stereocenters. The molecule has 2 rings (SSSR count). The minimum Gasteiger partial charge on any atom is -0.472 e. The van der Waals surface area contributed by atoms with Crippen LogP contribution in [0.1, 0.15) is 31.1 Å². The van der Waals surface area contributed by atoms with E-state index < -0.39 is 0 Å². The Balaban J connectivity index is 1.94. The summed E-state index contributed by atoms with van der Waals surface area (Å²) < 4.78 is 4.94. The van der Waals surface area contributed by atoms with Crippen LogP contribution in [-0.4, -0.2) is 47.4 Å². The van der Waals surface area contributed by atoms with E-state index in [-0.39, 0.29) is 11.4 Å². The van der Waals surface area contributed by atoms with Crippen LogP contribution in [0, 0.1) is 0 Å². The van der Waals surface area contributed by atoms with Gasteiger partial charge >= 0.3 is 0 Å². The fourth-order valence-electron chi connectivity index (χ4n) is 2.15. The number of carbonyl (C=O) groups excluding carboxylic acids is 1. The maximum absolute atomic E-state index is 12.1. The Morgan fingerprint density at radius 2 is 1.88 bits per heavy atom. The number of hydrogen-bond donors (Lipinski definition) is 0. The van der Waals surface area contributed by atoms with Gasteiger partial charge in [-0.15, -0.1) is 0 Å². The Morgan fingerprint density at radius 1 is 1.24 bits per heavy atom. The van der Waals surface area contributed by atoms with Crippen LogP contribution < -0.4 is 0 Å². The van der Waals surface area contributed by atoms with Crippen molar-refractivity contribution < 1.29 is 9.21 Å². The van der Waals surface area contributed by atoms with Crippen molar-refractivity contribution in [1.29, 1.82) is 0 Å². The molecule has 0 N–H and O–H groups in total. The first-order valence-electron chi connectivity index (χ1n) is 6.05. The van der Waals surface area contributed by atoms with Gasteiger partial charge < -0.3 is 9.32 Å². The Labute approximate surface area is 102 Å². The van der Waals surface area contributed by atoms with Crippen molar-refractivity contribution in [2.24, 2.45) is 0 Å². The van der Waals surface area contributed by atoms with Crippen LogP contribution in [0.5, 0.6) is 0 Å². The highest BCUT2D eigenvalue weighted by atomic mass is 16.3. The summed E-state index contributed by atoms with van der Waals surface area (Å²) in [5.41, 5.74) is 0.833. The summed E-state index contributed by atoms with van der Waals surface area (Å²) in [6.07, 6.45) is 3.05. The molecule has 0 saturated carbocycles. The van der Waals surface area contributed by atoms with E-state index in [4.69, 9.17) is 4.42 Å². The van der Waals surface area contributed by atoms with Crippen molar-refractivity contribution in [1.82, 2.24) is 9.80 Å². The fraction of sp³-hybridized carbons (Fsp3) is 0.615. The molecule has 1 amide bonds. The van der Waals surface area contributed by atoms with Crippen molar-refractivity contribution in [3.63, 3.8) is 0 Å². The average Bonchev–Trinajstić information content (AvgIpc) is 2.80. The van der Waals surface area contributed by atoms with E-state index in [0.717, 1.165) is 26.2 Å². The van der Waals surface area contributed by atoms with E-state index >= 15 is 0 Å². The summed E-state index contributed by atoms with van der Waals surface area (Å²) in [7, 11) is 0. The first-order chi connectivity index (χ1) is 7.98. The smallest absolute Gasteiger partial charge is 0.257 e. The molecule has 4 nitrogen and oxygen atoms in total. The summed E-state index contributed by atoms with van der Waals surface area (Å²) in [5, 5.41) is 0. The molecule has 1 aliphatic rings. The lowest BCUT2D eigenvalue weighted by molar-refractivity contribution is 0.0450. The topological polar surface area (TPSA) is 36.7 Å². The molecular weight excluding hydrogens is 216 g/mol. The average molecular weight is 236 g/mol. The second-order valence-corrected chi connectivity index (χ2v) is 5.46. The third-order valence-corrected chi connectivity index (χ3v) is 3.28. The summed E-state index contributed by atoms with van der Waals surface area (Å²) in [5.74, 6) is 0.0762. The van der Waals surface area contributed by atoms with E-state index in [0.29, 0.717) is 5.56 Å². The molecule has 1 fully saturated rings. The van der Waals surface area contributed by atoms with Crippen LogP contribution in [0.3, 0.4) is 0 Å². The number of rotatable bonds is 1. The number of carbonyl (C=O) groups is 1. The molecule has 17 heavy (non-hydrogen) atoms. The van der Waals surface area contributed by atoms with Crippen LogP contribution >= 0.6 is 0 Å². The Kier molecular flexibility index (Phi) is 3.24. The maximum atomic E-state index is 12.1. The first-order valence-corrected chi connectivity index (χ1v) is 6.05. The zero-order chi connectivity index (χ0) is 12.5. The summed E-state index contributed by atoms with van der Waals surface area (Å²) in [6, 6.07) is 1.72. The van der Waals surface area contributed by atoms with Crippen LogP contribution in [0.4, 0.5) is 0 Å². The highest BCUT2D eigenvalue weighted by Crippen LogP contribution is 2.17. The van der Waals surface area contributed by atoms with Crippen LogP contribution in [-0.2, 0) is 0 Å². The Hall–Kier alpha value is -1.29. The highest BCUT2D eigenvalue weighted by molar-refractivity contribution is 5.93. The van der Waals surface area contributed by atoms with Crippen molar-refractivity contribution in [2.75, 3.05) is 26.2 Å². The maximum Gasteiger partial charge on any atom is 0.257 e. The quantitative estimate of drug-likeness (QED) is 0.746. The summed E-state index contributed by atoms with van der Waals surface area (Å²) >= 11 is 0. The number of amides is 1. The minimum absolute atomic E-state index is 0.0762. The number of piperazine rings is 1. The summed E-state index contributed by atoms with van der Waals surface area (Å²) in [4.78, 5) is 16.4. The van der Waals surface area contributed by atoms with Gasteiger partial charge in [0.25, 0.3) is 5.91 Å². The fourth-order valence-corrected chi connectivity index (χ4v) is 2.15. The van der Waals surface area contributed by atoms with Gasteiger partial charge in [0.2, 0.25) is 0 Å². The number of hydrogen-bond acceptors (Lipinski definition) is 3. The SMILES string of the molecule is CC(C)(C)N1CCN(C(=O)c2ccoc2)CC1. The molecule has 0 bridgehead atoms. The van der Waals surface area contributed by atoms with Crippen molar-refractivity contribution in [3.05, 3.63) is 24.2 Å². The molecule has 0 atom stereocenters. The van der Waals surface area contributed by atoms with E-state index in [9.17, 15) is 4.79 Å². The molecule has 94 valence electrons. The van der Waals surface area contributed by atoms with Gasteiger partial charge in [-0.2, -0.15) is 0 Å². The van der Waals surface area contributed by atoms with Gasteiger partial charge in [0.15, 0.2) is 0 Å². The van der Waals surface area contributed by atoms with Crippen LogP contribution in [0.25, 0.3) is 0 Å². The van der Waals surface area contributed by atoms with Gasteiger partial charge in [-0.1, -0.05) is 0 Å². The number of nitrogens with zero attached hydrogens (tertiary/aromatic N) is 2. The van der Waals surface area contributed by atoms with Gasteiger partial charge in [0.05, 0.1) is 11.8 Å². The van der Waals surface area contributed by atoms with E-state index in [1.165, 1.54) is 6.26 Å². The predicted molar refractivity (Wildman–Crippen MR) is 65.9 cm³/mol. The van der Waals surface area contributed by atoms with Crippen molar-refractivity contribution in [2.45, 2.75) is 26.3 Å². The predicted octanol–water partition coefficient (Wildman–Crippen LogP) is 1.84. The summed E-state index contributed by atoms with van der Waals surface area (Å²) in [6.45, 7) is 10.1. The molecule has 1 aliphatic heterocycles. The molecule has 0 spiro atoms. The van der Waals surface area contributed by atoms with E-state index in [1.54, 1.807) is 12.3 Å². The lowest BCUT2D eigenvalue weighted by Gasteiger charge is -2.42. The van der Waals surface area contributed by atoms with Gasteiger partial charge in [-0.3, -0.25) is 9.69 Å². The molecule has 0 aromatic carbocycles. The second-order valence-electron chi connectivity index (χ2n) is 5.46. The minimum atomic E-state index is 0.0762. The molecule has 2 heterocycles. The van der Waals surface area contributed by atoms with E-state index in [1.807, 2.05) is 4.90 Å². The molecular formula is C13H20N2O2. The van der Waals surface area contributed by atoms with Crippen molar-refractivity contribution in [3.8, 4) is 0 Å². The molecule has 1 saturated heterocycles. The highest BCUT2D eigenvalue weighted by Gasteiger charge is 2.28.